The van der Waals surface area contributed by atoms with Gasteiger partial charge >= 0.3 is 0 Å². The van der Waals surface area contributed by atoms with E-state index < -0.39 is 10.0 Å². The molecule has 0 amide bonds. The summed E-state index contributed by atoms with van der Waals surface area (Å²) < 4.78 is 26.0. The van der Waals surface area contributed by atoms with Gasteiger partial charge in [-0.05, 0) is 31.5 Å². The van der Waals surface area contributed by atoms with E-state index in [1.54, 1.807) is 32.2 Å². The molecule has 0 saturated heterocycles. The summed E-state index contributed by atoms with van der Waals surface area (Å²) in [7, 11) is -1.95. The maximum atomic E-state index is 12.3. The van der Waals surface area contributed by atoms with Gasteiger partial charge in [0.1, 0.15) is 0 Å². The summed E-state index contributed by atoms with van der Waals surface area (Å²) in [5, 5.41) is 0. The summed E-state index contributed by atoms with van der Waals surface area (Å²) in [6, 6.07) is 6.57. The van der Waals surface area contributed by atoms with E-state index in [1.807, 2.05) is 13.0 Å². The lowest BCUT2D eigenvalue weighted by molar-refractivity contribution is 0.397. The minimum Gasteiger partial charge on any atom is -0.393 e. The fourth-order valence-corrected chi connectivity index (χ4v) is 3.31. The van der Waals surface area contributed by atoms with Gasteiger partial charge in [0, 0.05) is 19.5 Å². The average Bonchev–Trinajstić information content (AvgIpc) is 2.27. The van der Waals surface area contributed by atoms with Crippen molar-refractivity contribution in [2.75, 3.05) is 7.05 Å². The molecule has 0 fully saturated rings. The standard InChI is InChI=1S/C12H18N2O2S2/c1-9-5-4-6-11(7-9)18(15,16)14(3)10(2)8-12(13)17/h4-7,10H,8H2,1-3H3,(H2,13,17). The topological polar surface area (TPSA) is 63.4 Å². The molecule has 2 N–H and O–H groups in total. The normalized spacial score (nSPS) is 13.6. The van der Waals surface area contributed by atoms with Crippen molar-refractivity contribution in [1.29, 1.82) is 0 Å². The van der Waals surface area contributed by atoms with E-state index in [2.05, 4.69) is 0 Å². The number of sulfonamides is 1. The highest BCUT2D eigenvalue weighted by Gasteiger charge is 2.25. The first-order chi connectivity index (χ1) is 8.25. The number of rotatable bonds is 5. The Balaban J connectivity index is 3.03. The number of hydrogen-bond acceptors (Lipinski definition) is 3. The molecule has 0 spiro atoms. The molecule has 6 heteroatoms. The predicted octanol–water partition coefficient (Wildman–Crippen LogP) is 1.68. The zero-order chi connectivity index (χ0) is 13.9. The highest BCUT2D eigenvalue weighted by Crippen LogP contribution is 2.18. The lowest BCUT2D eigenvalue weighted by Crippen LogP contribution is -2.37. The predicted molar refractivity (Wildman–Crippen MR) is 77.0 cm³/mol. The Bertz CT molecular complexity index is 541. The Morgan fingerprint density at radius 3 is 2.61 bits per heavy atom. The molecule has 4 nitrogen and oxygen atoms in total. The fraction of sp³-hybridized carbons (Fsp3) is 0.417. The molecule has 0 bridgehead atoms. The second kappa shape index (κ2) is 5.77. The van der Waals surface area contributed by atoms with E-state index in [4.69, 9.17) is 18.0 Å². The first-order valence-corrected chi connectivity index (χ1v) is 7.43. The molecule has 1 aromatic rings. The van der Waals surface area contributed by atoms with Crippen molar-refractivity contribution in [2.45, 2.75) is 31.2 Å². The molecular formula is C12H18N2O2S2. The summed E-state index contributed by atoms with van der Waals surface area (Å²) >= 11 is 4.81. The second-order valence-electron chi connectivity index (χ2n) is 4.36. The van der Waals surface area contributed by atoms with Gasteiger partial charge in [-0.25, -0.2) is 8.42 Å². The molecule has 18 heavy (non-hydrogen) atoms. The first kappa shape index (κ1) is 15.1. The molecule has 0 aromatic heterocycles. The van der Waals surface area contributed by atoms with Crippen molar-refractivity contribution in [2.24, 2.45) is 5.73 Å². The van der Waals surface area contributed by atoms with Gasteiger partial charge in [-0.2, -0.15) is 4.31 Å². The van der Waals surface area contributed by atoms with Gasteiger partial charge in [-0.1, -0.05) is 24.4 Å². The van der Waals surface area contributed by atoms with Crippen LogP contribution in [0.1, 0.15) is 18.9 Å². The zero-order valence-corrected chi connectivity index (χ0v) is 12.4. The lowest BCUT2D eigenvalue weighted by Gasteiger charge is -2.24. The van der Waals surface area contributed by atoms with Crippen LogP contribution in [0.4, 0.5) is 0 Å². The van der Waals surface area contributed by atoms with E-state index in [-0.39, 0.29) is 6.04 Å². The Morgan fingerprint density at radius 1 is 1.50 bits per heavy atom. The molecule has 0 aliphatic rings. The minimum absolute atomic E-state index is 0.256. The highest BCUT2D eigenvalue weighted by molar-refractivity contribution is 7.89. The molecule has 0 aliphatic carbocycles. The molecule has 0 aliphatic heterocycles. The SMILES string of the molecule is Cc1cccc(S(=O)(=O)N(C)C(C)CC(N)=S)c1. The maximum absolute atomic E-state index is 12.3. The molecule has 1 unspecified atom stereocenters. The van der Waals surface area contributed by atoms with Crippen LogP contribution in [0.25, 0.3) is 0 Å². The van der Waals surface area contributed by atoms with Gasteiger partial charge in [-0.3, -0.25) is 0 Å². The molecule has 1 atom stereocenters. The van der Waals surface area contributed by atoms with Crippen molar-refractivity contribution in [3.8, 4) is 0 Å². The number of hydrogen-bond donors (Lipinski definition) is 1. The van der Waals surface area contributed by atoms with E-state index in [1.165, 1.54) is 4.31 Å². The number of benzene rings is 1. The summed E-state index contributed by atoms with van der Waals surface area (Å²) in [5.41, 5.74) is 6.36. The summed E-state index contributed by atoms with van der Waals surface area (Å²) in [6.07, 6.45) is 0.372. The quantitative estimate of drug-likeness (QED) is 0.837. The van der Waals surface area contributed by atoms with E-state index in [0.29, 0.717) is 16.3 Å². The van der Waals surface area contributed by atoms with E-state index in [9.17, 15) is 8.42 Å². The van der Waals surface area contributed by atoms with Crippen molar-refractivity contribution in [1.82, 2.24) is 4.31 Å². The number of thiocarbonyl (C=S) groups is 1. The summed E-state index contributed by atoms with van der Waals surface area (Å²) in [5.74, 6) is 0. The van der Waals surface area contributed by atoms with Gasteiger partial charge in [0.2, 0.25) is 10.0 Å². The third kappa shape index (κ3) is 3.51. The van der Waals surface area contributed by atoms with Crippen LogP contribution in [0.3, 0.4) is 0 Å². The lowest BCUT2D eigenvalue weighted by atomic mass is 10.2. The molecule has 0 heterocycles. The minimum atomic E-state index is -3.49. The van der Waals surface area contributed by atoms with Crippen molar-refractivity contribution >= 4 is 27.2 Å². The van der Waals surface area contributed by atoms with Crippen LogP contribution in [0.2, 0.25) is 0 Å². The Kier molecular flexibility index (Phi) is 4.84. The zero-order valence-electron chi connectivity index (χ0n) is 10.8. The first-order valence-electron chi connectivity index (χ1n) is 5.58. The average molecular weight is 286 g/mol. The van der Waals surface area contributed by atoms with Crippen LogP contribution in [-0.4, -0.2) is 30.8 Å². The van der Waals surface area contributed by atoms with Crippen LogP contribution in [0, 0.1) is 6.92 Å². The van der Waals surface area contributed by atoms with Gasteiger partial charge in [0.15, 0.2) is 0 Å². The third-order valence-electron chi connectivity index (χ3n) is 2.78. The molecular weight excluding hydrogens is 268 g/mol. The monoisotopic (exact) mass is 286 g/mol. The van der Waals surface area contributed by atoms with Crippen molar-refractivity contribution < 1.29 is 8.42 Å². The van der Waals surface area contributed by atoms with Crippen LogP contribution in [-0.2, 0) is 10.0 Å². The van der Waals surface area contributed by atoms with Crippen LogP contribution in [0.5, 0.6) is 0 Å². The van der Waals surface area contributed by atoms with E-state index in [0.717, 1.165) is 5.56 Å². The van der Waals surface area contributed by atoms with Crippen LogP contribution >= 0.6 is 12.2 Å². The van der Waals surface area contributed by atoms with Crippen molar-refractivity contribution in [3.63, 3.8) is 0 Å². The Labute approximate surface area is 114 Å². The largest absolute Gasteiger partial charge is 0.393 e. The van der Waals surface area contributed by atoms with Crippen LogP contribution < -0.4 is 5.73 Å². The molecule has 1 aromatic carbocycles. The van der Waals surface area contributed by atoms with Gasteiger partial charge in [0.05, 0.1) is 9.88 Å². The second-order valence-corrected chi connectivity index (χ2v) is 6.88. The number of nitrogens with two attached hydrogens (primary N) is 1. The maximum Gasteiger partial charge on any atom is 0.243 e. The van der Waals surface area contributed by atoms with Crippen LogP contribution in [0.15, 0.2) is 29.2 Å². The molecule has 100 valence electrons. The smallest absolute Gasteiger partial charge is 0.243 e. The molecule has 0 saturated carbocycles. The summed E-state index contributed by atoms with van der Waals surface area (Å²) in [4.78, 5) is 0.605. The Hall–Kier alpha value is -0.980. The van der Waals surface area contributed by atoms with E-state index >= 15 is 0 Å². The Morgan fingerprint density at radius 2 is 2.11 bits per heavy atom. The van der Waals surface area contributed by atoms with Gasteiger partial charge < -0.3 is 5.73 Å². The van der Waals surface area contributed by atoms with Gasteiger partial charge in [-0.15, -0.1) is 0 Å². The molecule has 0 radical (unpaired) electrons. The number of nitrogens with zero attached hydrogens (tertiary/aromatic N) is 1. The van der Waals surface area contributed by atoms with Crippen molar-refractivity contribution in [3.05, 3.63) is 29.8 Å². The summed E-state index contributed by atoms with van der Waals surface area (Å²) in [6.45, 7) is 3.64. The highest BCUT2D eigenvalue weighted by atomic mass is 32.2. The third-order valence-corrected chi connectivity index (χ3v) is 4.92. The fourth-order valence-electron chi connectivity index (χ4n) is 1.60. The number of aryl methyl sites for hydroxylation is 1. The molecule has 1 rings (SSSR count). The van der Waals surface area contributed by atoms with Gasteiger partial charge in [0.25, 0.3) is 0 Å².